The molecule has 10 nitrogen and oxygen atoms in total. The van der Waals surface area contributed by atoms with E-state index in [1.54, 1.807) is 0 Å². The number of nitrogens with one attached hydrogen (secondary N) is 4. The second kappa shape index (κ2) is 10.5. The Hall–Kier alpha value is -0.400. The van der Waals surface area contributed by atoms with Gasteiger partial charge in [-0.15, -0.1) is 0 Å². The van der Waals surface area contributed by atoms with Gasteiger partial charge in [-0.2, -0.15) is 0 Å². The highest BCUT2D eigenvalue weighted by atomic mass is 16.6. The van der Waals surface area contributed by atoms with Crippen LogP contribution in [-0.2, 0) is 4.74 Å². The van der Waals surface area contributed by atoms with Crippen molar-refractivity contribution in [2.24, 2.45) is 11.7 Å². The van der Waals surface area contributed by atoms with Crippen LogP contribution in [0.25, 0.3) is 0 Å². The van der Waals surface area contributed by atoms with E-state index in [1.165, 1.54) is 32.1 Å². The van der Waals surface area contributed by atoms with Crippen LogP contribution in [0.3, 0.4) is 0 Å². The molecule has 0 aromatic carbocycles. The topological polar surface area (TPSA) is 130 Å². The van der Waals surface area contributed by atoms with Gasteiger partial charge in [-0.25, -0.2) is 4.90 Å². The van der Waals surface area contributed by atoms with Gasteiger partial charge in [-0.3, -0.25) is 16.0 Å². The van der Waals surface area contributed by atoms with Gasteiger partial charge in [0.15, 0.2) is 0 Å². The fourth-order valence-corrected chi connectivity index (χ4v) is 5.37. The quantitative estimate of drug-likeness (QED) is 0.209. The Balaban J connectivity index is 1.21. The van der Waals surface area contributed by atoms with Crippen molar-refractivity contribution in [2.75, 3.05) is 46.6 Å². The zero-order valence-corrected chi connectivity index (χ0v) is 18.2. The highest BCUT2D eigenvalue weighted by Gasteiger charge is 2.51. The van der Waals surface area contributed by atoms with Crippen molar-refractivity contribution in [3.05, 3.63) is 0 Å². The van der Waals surface area contributed by atoms with Crippen LogP contribution < -0.4 is 27.0 Å². The number of hydrogen-bond donors (Lipinski definition) is 7. The van der Waals surface area contributed by atoms with Crippen molar-refractivity contribution < 1.29 is 14.9 Å². The fraction of sp³-hybridized carbons (Fsp3) is 1.00. The molecule has 0 amide bonds. The molecular formula is C20H41N7O3. The van der Waals surface area contributed by atoms with Crippen LogP contribution in [0, 0.1) is 5.92 Å². The van der Waals surface area contributed by atoms with E-state index in [2.05, 4.69) is 26.2 Å². The van der Waals surface area contributed by atoms with Gasteiger partial charge in [0.1, 0.15) is 24.5 Å². The largest absolute Gasteiger partial charge is 0.387 e. The van der Waals surface area contributed by atoms with Crippen molar-refractivity contribution in [2.45, 2.75) is 75.0 Å². The number of aliphatic hydroxyl groups is 2. The standard InChI is InChI=1S/C20H41N7O3/c1-26(8-7-22-9-13-5-3-2-4-6-13)10-14-16(28)17(29)20(30-14)27-12-25-15-18(21)23-11-24-19(15)27/h13-20,22-25,28-29H,2-12,21H2,1H3/t14-,15?,16-,17-,18?,19?,20-/m1/s1. The summed E-state index contributed by atoms with van der Waals surface area (Å²) >= 11 is 0. The second-order valence-electron chi connectivity index (χ2n) is 9.47. The number of rotatable bonds is 8. The molecule has 1 aliphatic carbocycles. The van der Waals surface area contributed by atoms with Gasteiger partial charge in [0, 0.05) is 26.3 Å². The number of nitrogens with zero attached hydrogens (tertiary/aromatic N) is 2. The van der Waals surface area contributed by atoms with E-state index < -0.39 is 24.5 Å². The Bertz CT molecular complexity index is 539. The van der Waals surface area contributed by atoms with Crippen molar-refractivity contribution in [3.8, 4) is 0 Å². The summed E-state index contributed by atoms with van der Waals surface area (Å²) in [6, 6.07) is 0.0312. The van der Waals surface area contributed by atoms with Crippen molar-refractivity contribution in [3.63, 3.8) is 0 Å². The number of nitrogens with two attached hydrogens (primary N) is 1. The lowest BCUT2D eigenvalue weighted by atomic mass is 9.89. The number of hydrogen-bond acceptors (Lipinski definition) is 10. The van der Waals surface area contributed by atoms with Crippen LogP contribution in [0.5, 0.6) is 0 Å². The molecule has 0 spiro atoms. The Labute approximate surface area is 179 Å². The first-order chi connectivity index (χ1) is 14.5. The highest BCUT2D eigenvalue weighted by Crippen LogP contribution is 2.28. The summed E-state index contributed by atoms with van der Waals surface area (Å²) in [6.45, 7) is 4.66. The maximum atomic E-state index is 10.7. The van der Waals surface area contributed by atoms with Crippen LogP contribution >= 0.6 is 0 Å². The molecule has 8 N–H and O–H groups in total. The van der Waals surface area contributed by atoms with E-state index in [-0.39, 0.29) is 18.4 Å². The molecule has 3 saturated heterocycles. The summed E-state index contributed by atoms with van der Waals surface area (Å²) in [7, 11) is 2.04. The van der Waals surface area contributed by atoms with Gasteiger partial charge in [0.25, 0.3) is 0 Å². The minimum atomic E-state index is -0.943. The SMILES string of the molecule is CN(CCNCC1CCCCC1)C[C@H]1O[C@@H](N2CNC3C(N)NCNC32)[C@H](O)[C@@H]1O. The lowest BCUT2D eigenvalue weighted by Gasteiger charge is -2.38. The highest BCUT2D eigenvalue weighted by molar-refractivity contribution is 5.01. The summed E-state index contributed by atoms with van der Waals surface area (Å²) in [5.74, 6) is 0.828. The Kier molecular flexibility index (Phi) is 7.96. The first-order valence-electron chi connectivity index (χ1n) is 11.7. The molecule has 0 aromatic rings. The Morgan fingerprint density at radius 2 is 1.93 bits per heavy atom. The van der Waals surface area contributed by atoms with E-state index in [0.29, 0.717) is 19.9 Å². The summed E-state index contributed by atoms with van der Waals surface area (Å²) in [5.41, 5.74) is 6.14. The molecule has 3 heterocycles. The van der Waals surface area contributed by atoms with Crippen LogP contribution in [0.1, 0.15) is 32.1 Å². The zero-order chi connectivity index (χ0) is 21.1. The smallest absolute Gasteiger partial charge is 0.142 e. The first kappa shape index (κ1) is 22.8. The zero-order valence-electron chi connectivity index (χ0n) is 18.2. The number of ether oxygens (including phenoxy) is 1. The predicted octanol–water partition coefficient (Wildman–Crippen LogP) is -2.47. The third-order valence-corrected chi connectivity index (χ3v) is 7.23. The van der Waals surface area contributed by atoms with E-state index in [4.69, 9.17) is 10.5 Å². The predicted molar refractivity (Wildman–Crippen MR) is 114 cm³/mol. The monoisotopic (exact) mass is 427 g/mol. The van der Waals surface area contributed by atoms with E-state index in [0.717, 1.165) is 25.6 Å². The van der Waals surface area contributed by atoms with Gasteiger partial charge in [-0.1, -0.05) is 19.3 Å². The average Bonchev–Trinajstić information content (AvgIpc) is 3.29. The van der Waals surface area contributed by atoms with Gasteiger partial charge in [-0.05, 0) is 32.4 Å². The molecular weight excluding hydrogens is 386 g/mol. The van der Waals surface area contributed by atoms with Gasteiger partial charge < -0.3 is 30.9 Å². The van der Waals surface area contributed by atoms with Gasteiger partial charge in [0.05, 0.1) is 25.0 Å². The lowest BCUT2D eigenvalue weighted by molar-refractivity contribution is -0.106. The first-order valence-corrected chi connectivity index (χ1v) is 11.7. The molecule has 7 atom stereocenters. The molecule has 4 rings (SSSR count). The van der Waals surface area contributed by atoms with E-state index in [1.807, 2.05) is 11.9 Å². The number of likely N-dealkylation sites (N-methyl/N-ethyl adjacent to an activating group) is 1. The Morgan fingerprint density at radius 3 is 2.73 bits per heavy atom. The maximum absolute atomic E-state index is 10.7. The fourth-order valence-electron chi connectivity index (χ4n) is 5.37. The molecule has 0 bridgehead atoms. The number of fused-ring (bicyclic) bond motifs is 1. The number of aliphatic hydroxyl groups excluding tert-OH is 2. The molecule has 10 heteroatoms. The molecule has 0 radical (unpaired) electrons. The minimum Gasteiger partial charge on any atom is -0.387 e. The second-order valence-corrected chi connectivity index (χ2v) is 9.47. The van der Waals surface area contributed by atoms with Crippen molar-refractivity contribution in [1.29, 1.82) is 0 Å². The van der Waals surface area contributed by atoms with Crippen molar-refractivity contribution >= 4 is 0 Å². The van der Waals surface area contributed by atoms with Crippen LogP contribution in [-0.4, -0.2) is 109 Å². The molecule has 30 heavy (non-hydrogen) atoms. The van der Waals surface area contributed by atoms with Gasteiger partial charge >= 0.3 is 0 Å². The normalized spacial score (nSPS) is 40.9. The molecule has 174 valence electrons. The average molecular weight is 428 g/mol. The summed E-state index contributed by atoms with van der Waals surface area (Å²) in [5, 5.41) is 34.8. The molecule has 3 unspecified atom stereocenters. The van der Waals surface area contributed by atoms with Crippen LogP contribution in [0.15, 0.2) is 0 Å². The third kappa shape index (κ3) is 5.15. The molecule has 0 aromatic heterocycles. The Morgan fingerprint density at radius 1 is 1.13 bits per heavy atom. The summed E-state index contributed by atoms with van der Waals surface area (Å²) in [4.78, 5) is 4.20. The minimum absolute atomic E-state index is 0.0312. The summed E-state index contributed by atoms with van der Waals surface area (Å²) < 4.78 is 6.15. The molecule has 1 saturated carbocycles. The summed E-state index contributed by atoms with van der Waals surface area (Å²) in [6.07, 6.45) is 3.85. The lowest BCUT2D eigenvalue weighted by Crippen LogP contribution is -2.68. The molecule has 3 aliphatic heterocycles. The van der Waals surface area contributed by atoms with Crippen molar-refractivity contribution in [1.82, 2.24) is 31.1 Å². The molecule has 4 aliphatic rings. The van der Waals surface area contributed by atoms with E-state index >= 15 is 0 Å². The molecule has 4 fully saturated rings. The third-order valence-electron chi connectivity index (χ3n) is 7.23. The van der Waals surface area contributed by atoms with Crippen LogP contribution in [0.2, 0.25) is 0 Å². The van der Waals surface area contributed by atoms with E-state index in [9.17, 15) is 10.2 Å². The maximum Gasteiger partial charge on any atom is 0.142 e. The van der Waals surface area contributed by atoms with Gasteiger partial charge in [0.2, 0.25) is 0 Å². The van der Waals surface area contributed by atoms with Crippen LogP contribution in [0.4, 0.5) is 0 Å².